The zero-order chi connectivity index (χ0) is 13.7. The first kappa shape index (κ1) is 13.6. The molecule has 0 fully saturated rings. The third-order valence-corrected chi connectivity index (χ3v) is 2.75. The summed E-state index contributed by atoms with van der Waals surface area (Å²) < 4.78 is 10.5. The lowest BCUT2D eigenvalue weighted by atomic mass is 10.1. The van der Waals surface area contributed by atoms with E-state index >= 15 is 0 Å². The average Bonchev–Trinajstić information content (AvgIpc) is 2.42. The molecule has 0 heterocycles. The Hall–Kier alpha value is -1.87. The minimum atomic E-state index is -0.307. The van der Waals surface area contributed by atoms with Crippen molar-refractivity contribution in [1.29, 1.82) is 0 Å². The predicted molar refractivity (Wildman–Crippen MR) is 75.3 cm³/mol. The molecule has 19 heavy (non-hydrogen) atoms. The van der Waals surface area contributed by atoms with Gasteiger partial charge in [0.05, 0.1) is 18.3 Å². The van der Waals surface area contributed by atoms with Gasteiger partial charge in [0.25, 0.3) is 0 Å². The molecule has 2 aromatic carbocycles. The van der Waals surface area contributed by atoms with Gasteiger partial charge in [0, 0.05) is 0 Å². The smallest absolute Gasteiger partial charge is 0.338 e. The second-order valence-electron chi connectivity index (χ2n) is 4.62. The lowest BCUT2D eigenvalue weighted by Gasteiger charge is -2.08. The monoisotopic (exact) mass is 258 g/mol. The Balaban J connectivity index is 1.97. The Morgan fingerprint density at radius 2 is 1.79 bits per heavy atom. The van der Waals surface area contributed by atoms with Crippen LogP contribution in [0.4, 0.5) is 0 Å². The highest BCUT2D eigenvalue weighted by Gasteiger charge is 2.07. The summed E-state index contributed by atoms with van der Waals surface area (Å²) in [7, 11) is 0. The summed E-state index contributed by atoms with van der Waals surface area (Å²) in [5.74, 6) is -0.307. The van der Waals surface area contributed by atoms with Gasteiger partial charge < -0.3 is 9.47 Å². The second-order valence-corrected chi connectivity index (χ2v) is 4.62. The van der Waals surface area contributed by atoms with Crippen LogP contribution in [0.25, 0.3) is 10.8 Å². The van der Waals surface area contributed by atoms with Gasteiger partial charge in [0.15, 0.2) is 0 Å². The van der Waals surface area contributed by atoms with Crippen molar-refractivity contribution < 1.29 is 14.3 Å². The van der Waals surface area contributed by atoms with E-state index in [1.54, 1.807) is 6.07 Å². The van der Waals surface area contributed by atoms with E-state index in [9.17, 15) is 4.79 Å². The van der Waals surface area contributed by atoms with Gasteiger partial charge in [0.2, 0.25) is 0 Å². The summed E-state index contributed by atoms with van der Waals surface area (Å²) in [5, 5.41) is 2.15. The van der Waals surface area contributed by atoms with Gasteiger partial charge in [-0.3, -0.25) is 0 Å². The molecule has 0 aromatic heterocycles. The zero-order valence-corrected chi connectivity index (χ0v) is 11.3. The highest BCUT2D eigenvalue weighted by atomic mass is 16.6. The molecule has 3 heteroatoms. The Labute approximate surface area is 113 Å². The normalized spacial score (nSPS) is 10.9. The summed E-state index contributed by atoms with van der Waals surface area (Å²) in [4.78, 5) is 11.9. The molecule has 0 unspecified atom stereocenters. The van der Waals surface area contributed by atoms with Gasteiger partial charge in [-0.25, -0.2) is 4.79 Å². The maximum Gasteiger partial charge on any atom is 0.338 e. The van der Waals surface area contributed by atoms with Crippen LogP contribution in [0, 0.1) is 0 Å². The lowest BCUT2D eigenvalue weighted by Crippen LogP contribution is -2.13. The third-order valence-electron chi connectivity index (χ3n) is 2.75. The van der Waals surface area contributed by atoms with Gasteiger partial charge in [-0.15, -0.1) is 0 Å². The first-order chi connectivity index (χ1) is 9.16. The van der Waals surface area contributed by atoms with Crippen LogP contribution in [-0.4, -0.2) is 25.3 Å². The Bertz CT molecular complexity index is 561. The number of esters is 1. The topological polar surface area (TPSA) is 35.5 Å². The maximum atomic E-state index is 11.9. The van der Waals surface area contributed by atoms with E-state index in [2.05, 4.69) is 0 Å². The van der Waals surface area contributed by atoms with Crippen molar-refractivity contribution in [3.05, 3.63) is 48.0 Å². The number of ether oxygens (including phenoxy) is 2. The summed E-state index contributed by atoms with van der Waals surface area (Å²) in [6.07, 6.45) is 0.152. The zero-order valence-electron chi connectivity index (χ0n) is 11.3. The van der Waals surface area contributed by atoms with Crippen molar-refractivity contribution in [2.75, 3.05) is 13.2 Å². The van der Waals surface area contributed by atoms with E-state index < -0.39 is 0 Å². The van der Waals surface area contributed by atoms with E-state index in [0.717, 1.165) is 10.8 Å². The molecule has 0 aliphatic rings. The first-order valence-electron chi connectivity index (χ1n) is 6.44. The largest absolute Gasteiger partial charge is 0.460 e. The fourth-order valence-electron chi connectivity index (χ4n) is 1.82. The van der Waals surface area contributed by atoms with Crippen LogP contribution in [0.5, 0.6) is 0 Å². The molecule has 0 amide bonds. The van der Waals surface area contributed by atoms with Crippen LogP contribution in [-0.2, 0) is 9.47 Å². The van der Waals surface area contributed by atoms with Crippen molar-refractivity contribution in [3.8, 4) is 0 Å². The minimum Gasteiger partial charge on any atom is -0.460 e. The van der Waals surface area contributed by atoms with Gasteiger partial charge in [-0.1, -0.05) is 30.3 Å². The Morgan fingerprint density at radius 3 is 2.53 bits per heavy atom. The molecule has 0 saturated carbocycles. The highest BCUT2D eigenvalue weighted by molar-refractivity contribution is 5.95. The molecule has 2 rings (SSSR count). The first-order valence-corrected chi connectivity index (χ1v) is 6.44. The highest BCUT2D eigenvalue weighted by Crippen LogP contribution is 2.16. The van der Waals surface area contributed by atoms with Gasteiger partial charge in [-0.05, 0) is 36.8 Å². The molecule has 100 valence electrons. The molecular formula is C16H18O3. The fraction of sp³-hybridized carbons (Fsp3) is 0.312. The summed E-state index contributed by atoms with van der Waals surface area (Å²) >= 11 is 0. The van der Waals surface area contributed by atoms with Crippen molar-refractivity contribution in [1.82, 2.24) is 0 Å². The van der Waals surface area contributed by atoms with E-state index in [1.165, 1.54) is 0 Å². The van der Waals surface area contributed by atoms with Crippen LogP contribution < -0.4 is 0 Å². The standard InChI is InChI=1S/C16H18O3/c1-12(2)18-9-10-19-16(17)15-8-7-13-5-3-4-6-14(13)11-15/h3-8,11-12H,9-10H2,1-2H3. The summed E-state index contributed by atoms with van der Waals surface area (Å²) in [6.45, 7) is 4.61. The van der Waals surface area contributed by atoms with Crippen molar-refractivity contribution in [2.45, 2.75) is 20.0 Å². The van der Waals surface area contributed by atoms with Crippen molar-refractivity contribution in [2.24, 2.45) is 0 Å². The molecule has 0 atom stereocenters. The van der Waals surface area contributed by atoms with Crippen molar-refractivity contribution >= 4 is 16.7 Å². The number of hydrogen-bond acceptors (Lipinski definition) is 3. The third kappa shape index (κ3) is 3.80. The Morgan fingerprint density at radius 1 is 1.05 bits per heavy atom. The number of benzene rings is 2. The molecule has 0 radical (unpaired) electrons. The van der Waals surface area contributed by atoms with E-state index in [0.29, 0.717) is 12.2 Å². The van der Waals surface area contributed by atoms with E-state index in [1.807, 2.05) is 50.2 Å². The van der Waals surface area contributed by atoms with Gasteiger partial charge >= 0.3 is 5.97 Å². The molecule has 0 spiro atoms. The Kier molecular flexibility index (Phi) is 4.53. The number of fused-ring (bicyclic) bond motifs is 1. The minimum absolute atomic E-state index is 0.152. The number of rotatable bonds is 5. The predicted octanol–water partition coefficient (Wildman–Crippen LogP) is 3.42. The maximum absolute atomic E-state index is 11.9. The summed E-state index contributed by atoms with van der Waals surface area (Å²) in [6, 6.07) is 13.5. The second kappa shape index (κ2) is 6.34. The molecular weight excluding hydrogens is 240 g/mol. The molecule has 2 aromatic rings. The van der Waals surface area contributed by atoms with Gasteiger partial charge in [-0.2, -0.15) is 0 Å². The molecule has 0 N–H and O–H groups in total. The van der Waals surface area contributed by atoms with Crippen LogP contribution in [0.1, 0.15) is 24.2 Å². The lowest BCUT2D eigenvalue weighted by molar-refractivity contribution is 0.0177. The molecule has 0 aliphatic heterocycles. The van der Waals surface area contributed by atoms with Crippen LogP contribution in [0.3, 0.4) is 0 Å². The van der Waals surface area contributed by atoms with E-state index in [-0.39, 0.29) is 18.7 Å². The van der Waals surface area contributed by atoms with Crippen LogP contribution in [0.15, 0.2) is 42.5 Å². The molecule has 0 saturated heterocycles. The number of carbonyl (C=O) groups is 1. The van der Waals surface area contributed by atoms with Gasteiger partial charge in [0.1, 0.15) is 6.61 Å². The average molecular weight is 258 g/mol. The molecule has 3 nitrogen and oxygen atoms in total. The van der Waals surface area contributed by atoms with Crippen molar-refractivity contribution in [3.63, 3.8) is 0 Å². The van der Waals surface area contributed by atoms with E-state index in [4.69, 9.17) is 9.47 Å². The van der Waals surface area contributed by atoms with Crippen LogP contribution in [0.2, 0.25) is 0 Å². The molecule has 0 bridgehead atoms. The number of carbonyl (C=O) groups excluding carboxylic acids is 1. The molecule has 0 aliphatic carbocycles. The van der Waals surface area contributed by atoms with Crippen LogP contribution >= 0.6 is 0 Å². The SMILES string of the molecule is CC(C)OCCOC(=O)c1ccc2ccccc2c1. The fourth-order valence-corrected chi connectivity index (χ4v) is 1.82. The number of hydrogen-bond donors (Lipinski definition) is 0. The summed E-state index contributed by atoms with van der Waals surface area (Å²) in [5.41, 5.74) is 0.572. The quantitative estimate of drug-likeness (QED) is 0.609.